The zero-order chi connectivity index (χ0) is 26.7. The summed E-state index contributed by atoms with van der Waals surface area (Å²) < 4.78 is 8.41. The Balaban J connectivity index is 1.37. The van der Waals surface area contributed by atoms with Crippen molar-refractivity contribution in [3.63, 3.8) is 0 Å². The van der Waals surface area contributed by atoms with E-state index in [0.717, 1.165) is 34.5 Å². The molecule has 0 spiro atoms. The second-order valence-electron chi connectivity index (χ2n) is 9.59. The van der Waals surface area contributed by atoms with E-state index in [9.17, 15) is 14.9 Å². The van der Waals surface area contributed by atoms with Crippen molar-refractivity contribution in [1.29, 1.82) is 0 Å². The van der Waals surface area contributed by atoms with Crippen LogP contribution in [0.4, 0.5) is 5.69 Å². The lowest BCUT2D eigenvalue weighted by Crippen LogP contribution is -2.38. The Hall–Kier alpha value is -4.34. The zero-order valence-electron chi connectivity index (χ0n) is 20.8. The first-order chi connectivity index (χ1) is 19.0. The fraction of sp³-hybridized carbons (Fsp3) is 0.133. The molecule has 0 saturated carbocycles. The summed E-state index contributed by atoms with van der Waals surface area (Å²) in [4.78, 5) is 31.5. The molecule has 0 bridgehead atoms. The maximum absolute atomic E-state index is 13.8. The molecule has 9 heteroatoms. The summed E-state index contributed by atoms with van der Waals surface area (Å²) in [7, 11) is 0. The lowest BCUT2D eigenvalue weighted by molar-refractivity contribution is -0.384. The summed E-state index contributed by atoms with van der Waals surface area (Å²) in [6.07, 6.45) is 3.51. The van der Waals surface area contributed by atoms with E-state index >= 15 is 0 Å². The van der Waals surface area contributed by atoms with E-state index in [0.29, 0.717) is 26.4 Å². The number of fused-ring (bicyclic) bond motifs is 3. The largest absolute Gasteiger partial charge is 0.457 e. The number of benzene rings is 2. The molecule has 0 radical (unpaired) electrons. The average molecular weight is 552 g/mol. The lowest BCUT2D eigenvalue weighted by Gasteiger charge is -2.30. The third-order valence-corrected chi connectivity index (χ3v) is 9.19. The first-order valence-electron chi connectivity index (χ1n) is 12.5. The van der Waals surface area contributed by atoms with Crippen LogP contribution >= 0.6 is 22.7 Å². The molecule has 0 saturated heterocycles. The Morgan fingerprint density at radius 1 is 1.08 bits per heavy atom. The normalized spacial score (nSPS) is 16.4. The highest BCUT2D eigenvalue weighted by atomic mass is 32.1. The SMILES string of the molecule is Cc1ccc([N+](=O)[O-])cc1-c1ccc(/C=c2/sc3n(c2=O)[C@@H](c2cccs2)C2=C(N=3)c3ccccc3CC2)o1. The van der Waals surface area contributed by atoms with Crippen LogP contribution in [0.1, 0.15) is 39.8 Å². The summed E-state index contributed by atoms with van der Waals surface area (Å²) in [6, 6.07) is 20.5. The molecule has 2 aromatic carbocycles. The van der Waals surface area contributed by atoms with E-state index in [1.807, 2.05) is 29.0 Å². The van der Waals surface area contributed by atoms with E-state index in [4.69, 9.17) is 9.41 Å². The van der Waals surface area contributed by atoms with Crippen LogP contribution in [0.3, 0.4) is 0 Å². The van der Waals surface area contributed by atoms with Crippen LogP contribution in [-0.4, -0.2) is 9.49 Å². The number of nitrogens with zero attached hydrogens (tertiary/aromatic N) is 3. The molecule has 0 unspecified atom stereocenters. The zero-order valence-corrected chi connectivity index (χ0v) is 22.4. The van der Waals surface area contributed by atoms with Crippen molar-refractivity contribution in [2.24, 2.45) is 4.99 Å². The highest BCUT2D eigenvalue weighted by molar-refractivity contribution is 7.10. The van der Waals surface area contributed by atoms with Crippen LogP contribution in [0, 0.1) is 17.0 Å². The van der Waals surface area contributed by atoms with Gasteiger partial charge >= 0.3 is 0 Å². The van der Waals surface area contributed by atoms with Crippen molar-refractivity contribution in [3.8, 4) is 11.3 Å². The van der Waals surface area contributed by atoms with Crippen LogP contribution in [0.2, 0.25) is 0 Å². The molecular weight excluding hydrogens is 530 g/mol. The third-order valence-electron chi connectivity index (χ3n) is 7.28. The van der Waals surface area contributed by atoms with Gasteiger partial charge in [-0.3, -0.25) is 19.5 Å². The smallest absolute Gasteiger partial charge is 0.271 e. The number of thiazole rings is 1. The van der Waals surface area contributed by atoms with Crippen molar-refractivity contribution >= 4 is 40.1 Å². The van der Waals surface area contributed by atoms with Gasteiger partial charge < -0.3 is 4.42 Å². The first-order valence-corrected chi connectivity index (χ1v) is 14.2. The first kappa shape index (κ1) is 23.8. The monoisotopic (exact) mass is 551 g/mol. The Morgan fingerprint density at radius 2 is 1.95 bits per heavy atom. The summed E-state index contributed by atoms with van der Waals surface area (Å²) in [5.74, 6) is 1.02. The van der Waals surface area contributed by atoms with Crippen molar-refractivity contribution in [2.75, 3.05) is 0 Å². The topological polar surface area (TPSA) is 90.6 Å². The van der Waals surface area contributed by atoms with Crippen molar-refractivity contribution in [2.45, 2.75) is 25.8 Å². The Bertz CT molecular complexity index is 1990. The van der Waals surface area contributed by atoms with Gasteiger partial charge in [0.25, 0.3) is 11.2 Å². The van der Waals surface area contributed by atoms with Gasteiger partial charge in [-0.25, -0.2) is 4.99 Å². The average Bonchev–Trinajstić information content (AvgIpc) is 3.70. The van der Waals surface area contributed by atoms with E-state index in [-0.39, 0.29) is 17.3 Å². The molecule has 1 atom stereocenters. The summed E-state index contributed by atoms with van der Waals surface area (Å²) >= 11 is 3.00. The number of aryl methyl sites for hydroxylation is 2. The highest BCUT2D eigenvalue weighted by Crippen LogP contribution is 2.42. The van der Waals surface area contributed by atoms with Gasteiger partial charge in [0, 0.05) is 34.2 Å². The molecule has 0 N–H and O–H groups in total. The fourth-order valence-corrected chi connectivity index (χ4v) is 7.24. The molecule has 3 aromatic heterocycles. The predicted molar refractivity (Wildman–Crippen MR) is 153 cm³/mol. The van der Waals surface area contributed by atoms with Gasteiger partial charge in [0.05, 0.1) is 21.2 Å². The molecule has 2 aliphatic rings. The maximum atomic E-state index is 13.8. The number of nitro groups is 1. The summed E-state index contributed by atoms with van der Waals surface area (Å²) in [5.41, 5.74) is 5.98. The van der Waals surface area contributed by atoms with Crippen molar-refractivity contribution < 1.29 is 9.34 Å². The number of rotatable bonds is 4. The van der Waals surface area contributed by atoms with Gasteiger partial charge in [-0.05, 0) is 60.0 Å². The summed E-state index contributed by atoms with van der Waals surface area (Å²) in [6.45, 7) is 1.88. The molecule has 5 aromatic rings. The van der Waals surface area contributed by atoms with Crippen LogP contribution in [0.25, 0.3) is 23.1 Å². The molecule has 7 rings (SSSR count). The molecule has 1 aliphatic carbocycles. The van der Waals surface area contributed by atoms with Gasteiger partial charge in [0.2, 0.25) is 0 Å². The second kappa shape index (κ2) is 9.14. The molecule has 0 amide bonds. The molecule has 39 heavy (non-hydrogen) atoms. The number of thiophene rings is 1. The molecule has 1 aliphatic heterocycles. The number of hydrogen-bond acceptors (Lipinski definition) is 7. The molecule has 7 nitrogen and oxygen atoms in total. The minimum absolute atomic E-state index is 0.000905. The second-order valence-corrected chi connectivity index (χ2v) is 11.6. The minimum atomic E-state index is -0.421. The van der Waals surface area contributed by atoms with Gasteiger partial charge in [-0.1, -0.05) is 47.7 Å². The molecule has 0 fully saturated rings. The summed E-state index contributed by atoms with van der Waals surface area (Å²) in [5, 5.41) is 13.3. The van der Waals surface area contributed by atoms with Crippen molar-refractivity contribution in [3.05, 3.63) is 135 Å². The van der Waals surface area contributed by atoms with Gasteiger partial charge in [-0.2, -0.15) is 0 Å². The highest BCUT2D eigenvalue weighted by Gasteiger charge is 2.33. The third kappa shape index (κ3) is 3.93. The molecule has 4 heterocycles. The van der Waals surface area contributed by atoms with Gasteiger partial charge in [-0.15, -0.1) is 11.3 Å². The number of aromatic nitrogens is 1. The van der Waals surface area contributed by atoms with Crippen LogP contribution in [-0.2, 0) is 6.42 Å². The fourth-order valence-electron chi connectivity index (χ4n) is 5.41. The molecule has 192 valence electrons. The maximum Gasteiger partial charge on any atom is 0.271 e. The predicted octanol–water partition coefficient (Wildman–Crippen LogP) is 5.86. The van der Waals surface area contributed by atoms with Crippen LogP contribution in [0.15, 0.2) is 91.9 Å². The lowest BCUT2D eigenvalue weighted by atomic mass is 9.85. The van der Waals surface area contributed by atoms with Gasteiger partial charge in [0.15, 0.2) is 4.80 Å². The van der Waals surface area contributed by atoms with Crippen LogP contribution in [0.5, 0.6) is 0 Å². The number of hydrogen-bond donors (Lipinski definition) is 0. The van der Waals surface area contributed by atoms with E-state index in [1.165, 1.54) is 34.6 Å². The number of allylic oxidation sites excluding steroid dienone is 1. The number of non-ortho nitro benzene ring substituents is 1. The Labute approximate surface area is 230 Å². The number of furan rings is 1. The van der Waals surface area contributed by atoms with Crippen molar-refractivity contribution in [1.82, 2.24) is 4.57 Å². The quantitative estimate of drug-likeness (QED) is 0.207. The standard InChI is InChI=1S/C30H21N3O4S2/c1-17-8-10-19(33(35)36)15-23(17)24-13-11-20(37-24)16-26-29(34)32-28(25-7-4-14-38-25)22-12-9-18-5-2-3-6-21(18)27(22)31-30(32)39-26/h2-8,10-11,13-16,28H,9,12H2,1H3/b26-16+/t28-/m1/s1. The van der Waals surface area contributed by atoms with E-state index in [1.54, 1.807) is 35.6 Å². The van der Waals surface area contributed by atoms with E-state index < -0.39 is 4.92 Å². The van der Waals surface area contributed by atoms with Crippen LogP contribution < -0.4 is 14.9 Å². The van der Waals surface area contributed by atoms with E-state index in [2.05, 4.69) is 24.3 Å². The Kier molecular flexibility index (Phi) is 5.57. The Morgan fingerprint density at radius 3 is 2.77 bits per heavy atom. The molecular formula is C30H21N3O4S2. The minimum Gasteiger partial charge on any atom is -0.457 e. The van der Waals surface area contributed by atoms with Gasteiger partial charge in [0.1, 0.15) is 11.5 Å². The number of nitro benzene ring substituents is 1.